The van der Waals surface area contributed by atoms with Crippen molar-refractivity contribution >= 4 is 19.7 Å². The van der Waals surface area contributed by atoms with Gasteiger partial charge in [-0.25, -0.2) is 0 Å². The van der Waals surface area contributed by atoms with E-state index in [0.29, 0.717) is 17.4 Å². The van der Waals surface area contributed by atoms with Gasteiger partial charge in [-0.15, -0.1) is 0 Å². The smallest absolute Gasteiger partial charge is 0.306 e. The Morgan fingerprint density at radius 2 is 0.829 bits per heavy atom. The number of allylic oxidation sites excluding steroid dienone is 3. The molecule has 0 saturated heterocycles. The Morgan fingerprint density at radius 3 is 1.21 bits per heavy atom. The van der Waals surface area contributed by atoms with Crippen molar-refractivity contribution in [2.24, 2.45) is 0 Å². The molecule has 0 aromatic rings. The molecule has 414 valence electrons. The fraction of sp³-hybridized carbons (Fsp3) is 0.900. The zero-order chi connectivity index (χ0) is 51.5. The molecular formula is C60H117N2O7P. The molecule has 0 spiro atoms. The Hall–Kier alpha value is -1.51. The molecule has 0 aromatic heterocycles. The number of amides is 1. The van der Waals surface area contributed by atoms with Crippen molar-refractivity contribution in [2.45, 2.75) is 309 Å². The molecule has 0 aliphatic rings. The van der Waals surface area contributed by atoms with E-state index in [0.717, 1.165) is 57.8 Å². The van der Waals surface area contributed by atoms with Crippen LogP contribution in [0.1, 0.15) is 297 Å². The minimum absolute atomic E-state index is 0.0193. The molecule has 0 heterocycles. The van der Waals surface area contributed by atoms with E-state index in [1.54, 1.807) is 0 Å². The van der Waals surface area contributed by atoms with E-state index >= 15 is 0 Å². The van der Waals surface area contributed by atoms with E-state index in [9.17, 15) is 19.0 Å². The fourth-order valence-electron chi connectivity index (χ4n) is 8.93. The molecule has 0 aliphatic carbocycles. The van der Waals surface area contributed by atoms with Crippen molar-refractivity contribution in [2.75, 3.05) is 40.9 Å². The normalized spacial score (nSPS) is 13.9. The highest BCUT2D eigenvalue weighted by molar-refractivity contribution is 7.45. The Bertz CT molecular complexity index is 1250. The number of rotatable bonds is 55. The second-order valence-electron chi connectivity index (χ2n) is 21.9. The van der Waals surface area contributed by atoms with Gasteiger partial charge >= 0.3 is 5.97 Å². The molecule has 0 saturated carbocycles. The summed E-state index contributed by atoms with van der Waals surface area (Å²) < 4.78 is 30.3. The Balaban J connectivity index is 5.21. The largest absolute Gasteiger partial charge is 0.756 e. The molecule has 0 fully saturated rings. The van der Waals surface area contributed by atoms with Gasteiger partial charge in [0.2, 0.25) is 5.91 Å². The van der Waals surface area contributed by atoms with Gasteiger partial charge in [-0.3, -0.25) is 14.2 Å². The van der Waals surface area contributed by atoms with Crippen molar-refractivity contribution in [1.29, 1.82) is 0 Å². The summed E-state index contributed by atoms with van der Waals surface area (Å²) >= 11 is 0. The van der Waals surface area contributed by atoms with Gasteiger partial charge in [0, 0.05) is 12.8 Å². The summed E-state index contributed by atoms with van der Waals surface area (Å²) in [5.74, 6) is -0.530. The lowest BCUT2D eigenvalue weighted by Crippen LogP contribution is -2.47. The van der Waals surface area contributed by atoms with Crippen LogP contribution in [-0.4, -0.2) is 69.4 Å². The summed E-state index contributed by atoms with van der Waals surface area (Å²) in [6.45, 7) is 6.86. The van der Waals surface area contributed by atoms with E-state index < -0.39 is 20.0 Å². The summed E-state index contributed by atoms with van der Waals surface area (Å²) in [5.41, 5.74) is 0. The Kier molecular flexibility index (Phi) is 49.9. The van der Waals surface area contributed by atoms with Gasteiger partial charge in [-0.05, 0) is 57.4 Å². The summed E-state index contributed by atoms with van der Waals surface area (Å²) in [4.78, 5) is 39.9. The van der Waals surface area contributed by atoms with Crippen molar-refractivity contribution in [3.8, 4) is 0 Å². The third-order valence-corrected chi connectivity index (χ3v) is 14.6. The lowest BCUT2D eigenvalue weighted by atomic mass is 10.0. The number of nitrogens with zero attached hydrogens (tertiary/aromatic N) is 1. The molecule has 0 aromatic carbocycles. The van der Waals surface area contributed by atoms with Crippen molar-refractivity contribution in [1.82, 2.24) is 5.32 Å². The Morgan fingerprint density at radius 1 is 0.486 bits per heavy atom. The first-order valence-corrected chi connectivity index (χ1v) is 31.6. The van der Waals surface area contributed by atoms with Crippen LogP contribution in [0.4, 0.5) is 0 Å². The summed E-state index contributed by atoms with van der Waals surface area (Å²) in [5, 5.41) is 3.03. The number of phosphoric ester groups is 1. The van der Waals surface area contributed by atoms with Gasteiger partial charge < -0.3 is 28.5 Å². The fourth-order valence-corrected chi connectivity index (χ4v) is 9.65. The van der Waals surface area contributed by atoms with Gasteiger partial charge in [0.1, 0.15) is 19.3 Å². The minimum atomic E-state index is -4.69. The van der Waals surface area contributed by atoms with Crippen LogP contribution >= 0.6 is 7.82 Å². The van der Waals surface area contributed by atoms with Crippen LogP contribution in [-0.2, 0) is 27.9 Å². The number of carbonyl (C=O) groups is 2. The molecule has 0 bridgehead atoms. The van der Waals surface area contributed by atoms with Gasteiger partial charge in [0.15, 0.2) is 0 Å². The van der Waals surface area contributed by atoms with Crippen LogP contribution in [0.2, 0.25) is 0 Å². The van der Waals surface area contributed by atoms with Gasteiger partial charge in [-0.1, -0.05) is 251 Å². The molecule has 3 unspecified atom stereocenters. The second-order valence-corrected chi connectivity index (χ2v) is 23.3. The van der Waals surface area contributed by atoms with Crippen LogP contribution in [0.5, 0.6) is 0 Å². The van der Waals surface area contributed by atoms with Crippen LogP contribution in [0.3, 0.4) is 0 Å². The maximum absolute atomic E-state index is 13.5. The molecule has 9 nitrogen and oxygen atoms in total. The molecule has 10 heteroatoms. The van der Waals surface area contributed by atoms with Crippen LogP contribution in [0.15, 0.2) is 24.3 Å². The SMILES string of the molecule is CCCCCCCC/C=C/CCCCCCCCCCCC(=O)NC(COP(=O)([O-])OCC[N+](C)(C)C)C(/C=C\CCCCCCCCCCC)OC(=O)CCCCCCCCCCCCCCCC. The zero-order valence-corrected chi connectivity index (χ0v) is 48.1. The number of esters is 1. The first kappa shape index (κ1) is 68.5. The number of ether oxygens (including phenoxy) is 1. The highest BCUT2D eigenvalue weighted by Gasteiger charge is 2.27. The summed E-state index contributed by atoms with van der Waals surface area (Å²) in [6.07, 6.45) is 58.5. The van der Waals surface area contributed by atoms with Crippen LogP contribution in [0.25, 0.3) is 0 Å². The topological polar surface area (TPSA) is 114 Å². The number of quaternary nitrogens is 1. The summed E-state index contributed by atoms with van der Waals surface area (Å²) in [6, 6.07) is -0.882. The number of carbonyl (C=O) groups excluding carboxylic acids is 2. The van der Waals surface area contributed by atoms with E-state index in [1.165, 1.54) is 205 Å². The predicted molar refractivity (Wildman–Crippen MR) is 298 cm³/mol. The lowest BCUT2D eigenvalue weighted by molar-refractivity contribution is -0.870. The van der Waals surface area contributed by atoms with Gasteiger partial charge in [-0.2, -0.15) is 0 Å². The van der Waals surface area contributed by atoms with E-state index in [4.69, 9.17) is 13.8 Å². The number of nitrogens with one attached hydrogen (secondary N) is 1. The van der Waals surface area contributed by atoms with E-state index in [-0.39, 0.29) is 31.5 Å². The maximum Gasteiger partial charge on any atom is 0.306 e. The molecule has 1 amide bonds. The lowest BCUT2D eigenvalue weighted by Gasteiger charge is -2.30. The van der Waals surface area contributed by atoms with Crippen LogP contribution in [0, 0.1) is 0 Å². The average Bonchev–Trinajstić information content (AvgIpc) is 3.32. The average molecular weight is 1010 g/mol. The Labute approximate surface area is 434 Å². The number of phosphoric acid groups is 1. The number of unbranched alkanes of at least 4 members (excludes halogenated alkanes) is 37. The number of hydrogen-bond donors (Lipinski definition) is 1. The third kappa shape index (κ3) is 51.4. The first-order valence-electron chi connectivity index (χ1n) is 30.1. The number of likely N-dealkylation sites (N-methyl/N-ethyl adjacent to an activating group) is 1. The van der Waals surface area contributed by atoms with Crippen molar-refractivity contribution < 1.29 is 37.3 Å². The molecule has 1 N–H and O–H groups in total. The molecule has 0 aliphatic heterocycles. The maximum atomic E-state index is 13.5. The van der Waals surface area contributed by atoms with E-state index in [2.05, 4.69) is 38.2 Å². The molecule has 70 heavy (non-hydrogen) atoms. The molecular weight excluding hydrogens is 892 g/mol. The molecule has 3 atom stereocenters. The van der Waals surface area contributed by atoms with Crippen molar-refractivity contribution in [3.63, 3.8) is 0 Å². The van der Waals surface area contributed by atoms with E-state index in [1.807, 2.05) is 33.3 Å². The first-order chi connectivity index (χ1) is 33.9. The monoisotopic (exact) mass is 1010 g/mol. The van der Waals surface area contributed by atoms with Gasteiger partial charge in [0.25, 0.3) is 7.82 Å². The molecule has 0 rings (SSSR count). The second kappa shape index (κ2) is 51.0. The minimum Gasteiger partial charge on any atom is -0.756 e. The number of hydrogen-bond acceptors (Lipinski definition) is 7. The third-order valence-electron chi connectivity index (χ3n) is 13.6. The van der Waals surface area contributed by atoms with Gasteiger partial charge in [0.05, 0.1) is 33.8 Å². The summed E-state index contributed by atoms with van der Waals surface area (Å²) in [7, 11) is 1.20. The van der Waals surface area contributed by atoms with Crippen molar-refractivity contribution in [3.05, 3.63) is 24.3 Å². The predicted octanol–water partition coefficient (Wildman–Crippen LogP) is 17.5. The highest BCUT2D eigenvalue weighted by atomic mass is 31.2. The van der Waals surface area contributed by atoms with Crippen LogP contribution < -0.4 is 10.2 Å². The quantitative estimate of drug-likeness (QED) is 0.0212. The molecule has 0 radical (unpaired) electrons. The highest BCUT2D eigenvalue weighted by Crippen LogP contribution is 2.38. The zero-order valence-electron chi connectivity index (χ0n) is 47.2. The standard InChI is InChI=1S/C60H117N2O7P/c1-7-10-13-16-19-22-25-27-29-30-31-32-33-34-37-40-43-46-49-52-59(63)61-57(56-68-70(65,66)67-55-54-62(4,5)6)58(51-48-45-42-39-36-24-21-18-15-12-9-3)69-60(64)53-50-47-44-41-38-35-28-26-23-20-17-14-11-8-2/h27,29,48,51,57-58H,7-26,28,30-47,49-50,52-56H2,1-6H3,(H-,61,63,65,66)/b29-27+,51-48-.